The fourth-order valence-corrected chi connectivity index (χ4v) is 3.86. The van der Waals surface area contributed by atoms with E-state index in [1.54, 1.807) is 12.4 Å². The van der Waals surface area contributed by atoms with E-state index in [-0.39, 0.29) is 0 Å². The lowest BCUT2D eigenvalue weighted by Gasteiger charge is -2.20. The summed E-state index contributed by atoms with van der Waals surface area (Å²) in [6, 6.07) is 16.7. The minimum atomic E-state index is 0.582. The topological polar surface area (TPSA) is 69.0 Å². The van der Waals surface area contributed by atoms with E-state index >= 15 is 0 Å². The Hall–Kier alpha value is -3.26. The molecule has 8 heteroatoms. The van der Waals surface area contributed by atoms with Crippen molar-refractivity contribution < 1.29 is 0 Å². The van der Waals surface area contributed by atoms with Crippen molar-refractivity contribution in [3.05, 3.63) is 59.7 Å². The Balaban J connectivity index is 1.54. The maximum atomic E-state index is 4.43. The zero-order valence-electron chi connectivity index (χ0n) is 19.2. The molecule has 0 amide bonds. The number of hydrazone groups is 1. The number of aliphatic imine (C=N–C) groups is 1. The Morgan fingerprint density at radius 1 is 0.750 bits per heavy atom. The minimum absolute atomic E-state index is 0.582. The summed E-state index contributed by atoms with van der Waals surface area (Å²) in [6.45, 7) is 12.6. The second-order valence-corrected chi connectivity index (χ2v) is 8.00. The number of benzene rings is 2. The molecule has 0 aliphatic rings. The van der Waals surface area contributed by atoms with E-state index in [2.05, 4.69) is 112 Å². The van der Waals surface area contributed by atoms with Crippen LogP contribution in [-0.4, -0.2) is 48.8 Å². The summed E-state index contributed by atoms with van der Waals surface area (Å²) in [5.74, 6) is 0. The highest BCUT2D eigenvalue weighted by molar-refractivity contribution is 7.18. The molecular weight excluding hydrogens is 418 g/mol. The number of nitrogens with zero attached hydrogens (tertiary/aromatic N) is 6. The molecule has 0 bridgehead atoms. The zero-order valence-corrected chi connectivity index (χ0v) is 20.0. The van der Waals surface area contributed by atoms with Crippen molar-refractivity contribution in [3.63, 3.8) is 0 Å². The number of aromatic nitrogens is 2. The Labute approximate surface area is 194 Å². The van der Waals surface area contributed by atoms with Crippen LogP contribution >= 0.6 is 11.3 Å². The molecule has 0 fully saturated rings. The molecule has 0 radical (unpaired) electrons. The van der Waals surface area contributed by atoms with E-state index in [4.69, 9.17) is 0 Å². The Morgan fingerprint density at radius 3 is 1.75 bits per heavy atom. The second-order valence-electron chi connectivity index (χ2n) is 7.05. The van der Waals surface area contributed by atoms with Gasteiger partial charge >= 0.3 is 0 Å². The third-order valence-electron chi connectivity index (χ3n) is 5.16. The predicted octanol–water partition coefficient (Wildman–Crippen LogP) is 5.43. The maximum absolute atomic E-state index is 4.43. The van der Waals surface area contributed by atoms with Crippen LogP contribution < -0.4 is 15.2 Å². The first-order valence-corrected chi connectivity index (χ1v) is 11.8. The minimum Gasteiger partial charge on any atom is -0.372 e. The van der Waals surface area contributed by atoms with Crippen molar-refractivity contribution in [1.82, 2.24) is 10.2 Å². The van der Waals surface area contributed by atoms with Crippen LogP contribution in [0.4, 0.5) is 21.6 Å². The van der Waals surface area contributed by atoms with Gasteiger partial charge in [-0.15, -0.1) is 10.2 Å². The summed E-state index contributed by atoms with van der Waals surface area (Å²) >= 11 is 1.35. The SMILES string of the molecule is CCN(CC)c1ccc(/C=N/Nc2nnc(/N=C/c3ccc(N(CC)CC)cc3)s2)cc1. The van der Waals surface area contributed by atoms with Gasteiger partial charge in [0.2, 0.25) is 10.3 Å². The summed E-state index contributed by atoms with van der Waals surface area (Å²) in [5.41, 5.74) is 7.41. The molecular formula is C24H31N7S. The standard InChI is InChI=1S/C24H31N7S/c1-5-30(6-2)21-13-9-19(10-14-21)17-25-23-28-29-24(32-23)27-26-18-20-11-15-22(16-12-20)31(7-3)8-4/h9-18H,5-8H2,1-4H3,(H,27,29)/b25-17+,26-18+. The van der Waals surface area contributed by atoms with Crippen LogP contribution in [0.2, 0.25) is 0 Å². The average molecular weight is 450 g/mol. The number of hydrogen-bond acceptors (Lipinski definition) is 8. The van der Waals surface area contributed by atoms with Gasteiger partial charge < -0.3 is 9.80 Å². The van der Waals surface area contributed by atoms with E-state index in [1.165, 1.54) is 22.7 Å². The Bertz CT molecular complexity index is 1000. The van der Waals surface area contributed by atoms with Crippen molar-refractivity contribution in [2.24, 2.45) is 10.1 Å². The quantitative estimate of drug-likeness (QED) is 0.312. The third-order valence-corrected chi connectivity index (χ3v) is 5.89. The maximum Gasteiger partial charge on any atom is 0.233 e. The van der Waals surface area contributed by atoms with Gasteiger partial charge in [0.15, 0.2) is 0 Å². The summed E-state index contributed by atoms with van der Waals surface area (Å²) in [6.07, 6.45) is 3.57. The van der Waals surface area contributed by atoms with Gasteiger partial charge in [0.25, 0.3) is 0 Å². The van der Waals surface area contributed by atoms with Crippen LogP contribution in [0.3, 0.4) is 0 Å². The molecule has 1 heterocycles. The van der Waals surface area contributed by atoms with Crippen molar-refractivity contribution in [2.45, 2.75) is 27.7 Å². The van der Waals surface area contributed by atoms with E-state index < -0.39 is 0 Å². The highest BCUT2D eigenvalue weighted by atomic mass is 32.1. The number of hydrogen-bond donors (Lipinski definition) is 1. The molecule has 1 N–H and O–H groups in total. The van der Waals surface area contributed by atoms with Crippen molar-refractivity contribution in [2.75, 3.05) is 41.4 Å². The molecule has 0 aliphatic heterocycles. The largest absolute Gasteiger partial charge is 0.372 e. The van der Waals surface area contributed by atoms with Crippen LogP contribution in [0, 0.1) is 0 Å². The van der Waals surface area contributed by atoms with Crippen LogP contribution in [0.25, 0.3) is 0 Å². The summed E-state index contributed by atoms with van der Waals surface area (Å²) in [5, 5.41) is 13.6. The number of anilines is 3. The molecule has 1 aromatic heterocycles. The van der Waals surface area contributed by atoms with E-state index in [9.17, 15) is 0 Å². The lowest BCUT2D eigenvalue weighted by molar-refractivity contribution is 0.866. The highest BCUT2D eigenvalue weighted by Crippen LogP contribution is 2.23. The van der Waals surface area contributed by atoms with E-state index in [0.717, 1.165) is 37.3 Å². The lowest BCUT2D eigenvalue weighted by atomic mass is 10.2. The molecule has 0 aliphatic carbocycles. The van der Waals surface area contributed by atoms with Gasteiger partial charge in [0, 0.05) is 43.8 Å². The van der Waals surface area contributed by atoms with Gasteiger partial charge in [0.1, 0.15) is 0 Å². The fraction of sp³-hybridized carbons (Fsp3) is 0.333. The van der Waals surface area contributed by atoms with Crippen LogP contribution in [-0.2, 0) is 0 Å². The van der Waals surface area contributed by atoms with Crippen molar-refractivity contribution in [1.29, 1.82) is 0 Å². The van der Waals surface area contributed by atoms with Gasteiger partial charge in [-0.3, -0.25) is 5.43 Å². The molecule has 3 aromatic rings. The lowest BCUT2D eigenvalue weighted by Crippen LogP contribution is -2.21. The van der Waals surface area contributed by atoms with Gasteiger partial charge in [-0.25, -0.2) is 4.99 Å². The summed E-state index contributed by atoms with van der Waals surface area (Å²) in [7, 11) is 0. The third kappa shape index (κ3) is 6.37. The summed E-state index contributed by atoms with van der Waals surface area (Å²) in [4.78, 5) is 9.05. The zero-order chi connectivity index (χ0) is 22.8. The number of rotatable bonds is 11. The van der Waals surface area contributed by atoms with Crippen LogP contribution in [0.5, 0.6) is 0 Å². The smallest absolute Gasteiger partial charge is 0.233 e. The average Bonchev–Trinajstić information content (AvgIpc) is 3.29. The summed E-state index contributed by atoms with van der Waals surface area (Å²) < 4.78 is 0. The molecule has 0 atom stereocenters. The second kappa shape index (κ2) is 12.0. The first-order valence-electron chi connectivity index (χ1n) is 11.0. The Morgan fingerprint density at radius 2 is 1.25 bits per heavy atom. The molecule has 168 valence electrons. The van der Waals surface area contributed by atoms with Crippen molar-refractivity contribution in [3.8, 4) is 0 Å². The highest BCUT2D eigenvalue weighted by Gasteiger charge is 2.03. The molecule has 3 rings (SSSR count). The van der Waals surface area contributed by atoms with Crippen LogP contribution in [0.1, 0.15) is 38.8 Å². The normalized spacial score (nSPS) is 11.4. The molecule has 0 saturated carbocycles. The van der Waals surface area contributed by atoms with E-state index in [1.807, 2.05) is 0 Å². The number of nitrogens with one attached hydrogen (secondary N) is 1. The van der Waals surface area contributed by atoms with Gasteiger partial charge in [-0.05, 0) is 63.1 Å². The molecule has 0 saturated heterocycles. The van der Waals surface area contributed by atoms with Crippen molar-refractivity contribution >= 4 is 45.4 Å². The van der Waals surface area contributed by atoms with Gasteiger partial charge in [-0.2, -0.15) is 5.10 Å². The van der Waals surface area contributed by atoms with Gasteiger partial charge in [-0.1, -0.05) is 35.6 Å². The van der Waals surface area contributed by atoms with E-state index in [0.29, 0.717) is 10.3 Å². The molecule has 0 unspecified atom stereocenters. The molecule has 7 nitrogen and oxygen atoms in total. The molecule has 0 spiro atoms. The first-order chi connectivity index (χ1) is 15.7. The predicted molar refractivity (Wildman–Crippen MR) is 138 cm³/mol. The molecule has 32 heavy (non-hydrogen) atoms. The van der Waals surface area contributed by atoms with Crippen LogP contribution in [0.15, 0.2) is 58.6 Å². The monoisotopic (exact) mass is 449 g/mol. The molecule has 2 aromatic carbocycles. The first kappa shape index (κ1) is 23.4. The Kier molecular flexibility index (Phi) is 8.74. The fourth-order valence-electron chi connectivity index (χ4n) is 3.32. The van der Waals surface area contributed by atoms with Gasteiger partial charge in [0.05, 0.1) is 6.21 Å².